The molecule has 0 unspecified atom stereocenters. The van der Waals surface area contributed by atoms with Gasteiger partial charge >= 0.3 is 6.03 Å². The Labute approximate surface area is 189 Å². The van der Waals surface area contributed by atoms with Gasteiger partial charge in [-0.1, -0.05) is 0 Å². The fraction of sp³-hybridized carbons (Fsp3) is 0.458. The number of carbonyl (C=O) groups is 1. The van der Waals surface area contributed by atoms with Crippen LogP contribution in [0.5, 0.6) is 5.75 Å². The van der Waals surface area contributed by atoms with Crippen molar-refractivity contribution >= 4 is 17.5 Å². The zero-order chi connectivity index (χ0) is 22.3. The molecule has 168 valence electrons. The van der Waals surface area contributed by atoms with E-state index in [0.29, 0.717) is 12.1 Å². The van der Waals surface area contributed by atoms with Gasteiger partial charge < -0.3 is 24.8 Å². The molecule has 2 fully saturated rings. The highest BCUT2D eigenvalue weighted by molar-refractivity contribution is 5.74. The van der Waals surface area contributed by atoms with Crippen LogP contribution < -0.4 is 19.9 Å². The predicted octanol–water partition coefficient (Wildman–Crippen LogP) is 2.85. The molecule has 2 amide bonds. The topological polar surface area (TPSA) is 84.7 Å². The minimum absolute atomic E-state index is 0.0385. The smallest absolute Gasteiger partial charge is 0.317 e. The molecule has 2 aromatic rings. The number of hydrogen-bond acceptors (Lipinski definition) is 6. The van der Waals surface area contributed by atoms with Gasteiger partial charge in [0.25, 0.3) is 0 Å². The zero-order valence-corrected chi connectivity index (χ0v) is 18.5. The first-order chi connectivity index (χ1) is 15.7. The maximum atomic E-state index is 12.9. The summed E-state index contributed by atoms with van der Waals surface area (Å²) < 4.78 is 5.25. The molecule has 0 saturated carbocycles. The van der Waals surface area contributed by atoms with E-state index in [2.05, 4.69) is 38.3 Å². The lowest BCUT2D eigenvalue weighted by Crippen LogP contribution is -2.50. The maximum absolute atomic E-state index is 12.9. The monoisotopic (exact) mass is 434 g/mol. The highest BCUT2D eigenvalue weighted by Gasteiger charge is 2.25. The van der Waals surface area contributed by atoms with Crippen molar-refractivity contribution in [2.45, 2.75) is 25.3 Å². The van der Waals surface area contributed by atoms with E-state index in [1.54, 1.807) is 19.4 Å². The van der Waals surface area contributed by atoms with Crippen molar-refractivity contribution in [1.82, 2.24) is 15.2 Å². The van der Waals surface area contributed by atoms with Crippen molar-refractivity contribution in [3.05, 3.63) is 48.2 Å². The number of nitriles is 1. The van der Waals surface area contributed by atoms with Crippen molar-refractivity contribution in [2.24, 2.45) is 0 Å². The molecule has 8 nitrogen and oxygen atoms in total. The van der Waals surface area contributed by atoms with Crippen LogP contribution in [0.1, 0.15) is 24.8 Å². The fourth-order valence-corrected chi connectivity index (χ4v) is 4.33. The van der Waals surface area contributed by atoms with Crippen LogP contribution in [-0.2, 0) is 0 Å². The van der Waals surface area contributed by atoms with E-state index in [9.17, 15) is 4.79 Å². The van der Waals surface area contributed by atoms with Gasteiger partial charge in [-0.2, -0.15) is 5.26 Å². The quantitative estimate of drug-likeness (QED) is 0.797. The molecular formula is C24H30N6O2. The number of rotatable bonds is 4. The average molecular weight is 435 g/mol. The fourth-order valence-electron chi connectivity index (χ4n) is 4.33. The van der Waals surface area contributed by atoms with Crippen LogP contribution in [0.3, 0.4) is 0 Å². The number of ether oxygens (including phenoxy) is 1. The highest BCUT2D eigenvalue weighted by Crippen LogP contribution is 2.21. The van der Waals surface area contributed by atoms with Gasteiger partial charge in [0.2, 0.25) is 0 Å². The van der Waals surface area contributed by atoms with Gasteiger partial charge in [-0.05, 0) is 55.7 Å². The van der Waals surface area contributed by atoms with Crippen LogP contribution in [0.4, 0.5) is 16.3 Å². The highest BCUT2D eigenvalue weighted by atomic mass is 16.5. The second kappa shape index (κ2) is 10.2. The van der Waals surface area contributed by atoms with Crippen LogP contribution in [0.15, 0.2) is 42.6 Å². The number of aromatic nitrogens is 1. The second-order valence-electron chi connectivity index (χ2n) is 8.25. The Kier molecular flexibility index (Phi) is 6.95. The molecule has 2 aliphatic rings. The molecule has 1 aromatic heterocycles. The van der Waals surface area contributed by atoms with Gasteiger partial charge in [0.05, 0.1) is 12.7 Å². The Bertz CT molecular complexity index is 932. The lowest BCUT2D eigenvalue weighted by molar-refractivity contribution is 0.195. The molecule has 1 N–H and O–H groups in total. The van der Waals surface area contributed by atoms with Crippen LogP contribution in [-0.4, -0.2) is 68.3 Å². The third-order valence-electron chi connectivity index (χ3n) is 6.24. The normalized spacial score (nSPS) is 17.4. The van der Waals surface area contributed by atoms with E-state index in [4.69, 9.17) is 10.00 Å². The number of methoxy groups -OCH3 is 1. The summed E-state index contributed by atoms with van der Waals surface area (Å²) in [4.78, 5) is 23.8. The van der Waals surface area contributed by atoms with E-state index < -0.39 is 0 Å². The Morgan fingerprint density at radius 3 is 2.47 bits per heavy atom. The molecule has 2 saturated heterocycles. The number of nitrogens with zero attached hydrogens (tertiary/aromatic N) is 5. The van der Waals surface area contributed by atoms with Gasteiger partial charge in [0.15, 0.2) is 0 Å². The number of nitrogens with one attached hydrogen (secondary N) is 1. The van der Waals surface area contributed by atoms with Crippen molar-refractivity contribution in [1.29, 1.82) is 5.26 Å². The van der Waals surface area contributed by atoms with Crippen molar-refractivity contribution in [3.8, 4) is 11.8 Å². The summed E-state index contributed by atoms with van der Waals surface area (Å²) in [5.41, 5.74) is 1.73. The van der Waals surface area contributed by atoms with Crippen molar-refractivity contribution in [3.63, 3.8) is 0 Å². The van der Waals surface area contributed by atoms with Crippen LogP contribution in [0, 0.1) is 11.3 Å². The molecule has 0 spiro atoms. The molecular weight excluding hydrogens is 404 g/mol. The van der Waals surface area contributed by atoms with Gasteiger partial charge in [-0.3, -0.25) is 0 Å². The average Bonchev–Trinajstić information content (AvgIpc) is 3.11. The zero-order valence-electron chi connectivity index (χ0n) is 18.5. The second-order valence-corrected chi connectivity index (χ2v) is 8.25. The van der Waals surface area contributed by atoms with E-state index in [1.165, 1.54) is 0 Å². The largest absolute Gasteiger partial charge is 0.497 e. The summed E-state index contributed by atoms with van der Waals surface area (Å²) in [6, 6.07) is 14.1. The van der Waals surface area contributed by atoms with E-state index in [-0.39, 0.29) is 12.1 Å². The molecule has 2 aliphatic heterocycles. The summed E-state index contributed by atoms with van der Waals surface area (Å²) in [5.74, 6) is 1.74. The summed E-state index contributed by atoms with van der Waals surface area (Å²) in [6.07, 6.45) is 4.33. The molecule has 0 aliphatic carbocycles. The molecule has 0 radical (unpaired) electrons. The summed E-state index contributed by atoms with van der Waals surface area (Å²) in [6.45, 7) is 4.93. The third kappa shape index (κ3) is 5.22. The van der Waals surface area contributed by atoms with E-state index in [0.717, 1.165) is 69.2 Å². The summed E-state index contributed by atoms with van der Waals surface area (Å²) >= 11 is 0. The van der Waals surface area contributed by atoms with Gasteiger partial charge in [-0.25, -0.2) is 9.78 Å². The maximum Gasteiger partial charge on any atom is 0.317 e. The van der Waals surface area contributed by atoms with Crippen LogP contribution in [0.25, 0.3) is 0 Å². The number of piperidine rings is 1. The molecule has 4 rings (SSSR count). The van der Waals surface area contributed by atoms with Gasteiger partial charge in [0.1, 0.15) is 17.6 Å². The number of carbonyl (C=O) groups excluding carboxylic acids is 1. The summed E-state index contributed by atoms with van der Waals surface area (Å²) in [5, 5.41) is 12.2. The molecule has 3 heterocycles. The molecule has 32 heavy (non-hydrogen) atoms. The first kappa shape index (κ1) is 21.8. The van der Waals surface area contributed by atoms with Crippen LogP contribution >= 0.6 is 0 Å². The Morgan fingerprint density at radius 1 is 1.03 bits per heavy atom. The number of anilines is 2. The minimum Gasteiger partial charge on any atom is -0.497 e. The molecule has 8 heteroatoms. The Hall–Kier alpha value is -3.47. The van der Waals surface area contributed by atoms with Crippen molar-refractivity contribution in [2.75, 3.05) is 56.2 Å². The van der Waals surface area contributed by atoms with Gasteiger partial charge in [0, 0.05) is 57.2 Å². The first-order valence-corrected chi connectivity index (χ1v) is 11.2. The van der Waals surface area contributed by atoms with E-state index >= 15 is 0 Å². The third-order valence-corrected chi connectivity index (χ3v) is 6.24. The standard InChI is InChI=1S/C24H30N6O2/c1-32-22-6-4-21(5-7-22)28-11-2-12-30(16-15-28)24(31)27-20-9-13-29(14-10-20)23-8-3-19(17-25)18-26-23/h3-8,18,20H,2,9-16H2,1H3,(H,27,31). The number of amides is 2. The number of pyridine rings is 1. The molecule has 0 atom stereocenters. The number of benzene rings is 1. The Balaban J connectivity index is 1.25. The Morgan fingerprint density at radius 2 is 1.81 bits per heavy atom. The number of hydrogen-bond donors (Lipinski definition) is 1. The summed E-state index contributed by atoms with van der Waals surface area (Å²) in [7, 11) is 1.67. The van der Waals surface area contributed by atoms with Gasteiger partial charge in [-0.15, -0.1) is 0 Å². The van der Waals surface area contributed by atoms with Crippen molar-refractivity contribution < 1.29 is 9.53 Å². The lowest BCUT2D eigenvalue weighted by Gasteiger charge is -2.34. The van der Waals surface area contributed by atoms with Crippen LogP contribution in [0.2, 0.25) is 0 Å². The lowest BCUT2D eigenvalue weighted by atomic mass is 10.1. The SMILES string of the molecule is COc1ccc(N2CCCN(C(=O)NC3CCN(c4ccc(C#N)cn4)CC3)CC2)cc1. The van der Waals surface area contributed by atoms with E-state index in [1.807, 2.05) is 23.1 Å². The first-order valence-electron chi connectivity index (χ1n) is 11.2. The molecule has 0 bridgehead atoms. The predicted molar refractivity (Wildman–Crippen MR) is 124 cm³/mol. The molecule has 1 aromatic carbocycles. The minimum atomic E-state index is 0.0385. The number of urea groups is 1.